The number of benzene rings is 3. The Morgan fingerprint density at radius 2 is 0.534 bits per heavy atom. The van der Waals surface area contributed by atoms with Gasteiger partial charge in [-0.15, -0.1) is 0 Å². The van der Waals surface area contributed by atoms with Crippen LogP contribution in [0.2, 0.25) is 0 Å². The van der Waals surface area contributed by atoms with Crippen molar-refractivity contribution >= 4 is 20.8 Å². The predicted octanol–water partition coefficient (Wildman–Crippen LogP) is 3.25. The number of phenols is 6. The Labute approximate surface area is 339 Å². The first kappa shape index (κ1) is 56.1. The maximum Gasteiger partial charge on any atom is 0.394 e. The van der Waals surface area contributed by atoms with E-state index in [1.807, 2.05) is 62.3 Å². The zero-order valence-corrected chi connectivity index (χ0v) is 35.4. The van der Waals surface area contributed by atoms with E-state index >= 15 is 0 Å². The molecule has 3 aromatic rings. The molecule has 16 N–H and O–H groups in total. The highest BCUT2D eigenvalue weighted by Crippen LogP contribution is 2.27. The average molecular weight is 872 g/mol. The molecule has 0 spiro atoms. The van der Waals surface area contributed by atoms with Gasteiger partial charge in [-0.1, -0.05) is 0 Å². The lowest BCUT2D eigenvalue weighted by molar-refractivity contribution is 0.162. The molecule has 0 saturated heterocycles. The molecule has 0 aliphatic rings. The van der Waals surface area contributed by atoms with Crippen LogP contribution in [0.25, 0.3) is 0 Å². The fraction of sp³-hybridized carbons (Fsp3) is 0.500. The van der Waals surface area contributed by atoms with Crippen molar-refractivity contribution in [3.63, 3.8) is 0 Å². The largest absolute Gasteiger partial charge is 0.508 e. The average Bonchev–Trinajstić information content (AvgIpc) is 2.98. The van der Waals surface area contributed by atoms with Crippen LogP contribution in [-0.2, 0) is 20.8 Å². The molecule has 0 fully saturated rings. The normalized spacial score (nSPS) is 13.4. The van der Waals surface area contributed by atoms with Gasteiger partial charge in [-0.3, -0.25) is 18.2 Å². The minimum atomic E-state index is -4.67. The van der Waals surface area contributed by atoms with E-state index in [4.69, 9.17) is 35.0 Å². The monoisotopic (exact) mass is 871 g/mol. The number of aliphatic hydroxyl groups excluding tert-OH is 3. The minimum absolute atomic E-state index is 0.0511. The topological polar surface area (TPSA) is 367 Å². The number of aliphatic hydroxyl groups is 3. The molecule has 0 aliphatic carbocycles. The van der Waals surface area contributed by atoms with Crippen molar-refractivity contribution in [3.05, 3.63) is 71.3 Å². The highest BCUT2D eigenvalue weighted by atomic mass is 32.3. The van der Waals surface area contributed by atoms with Crippen LogP contribution in [0.5, 0.6) is 34.5 Å². The third-order valence-corrected chi connectivity index (χ3v) is 6.41. The van der Waals surface area contributed by atoms with E-state index in [1.165, 1.54) is 54.6 Å². The molecular formula is C36H61N3O17S2. The van der Waals surface area contributed by atoms with Crippen LogP contribution in [0.15, 0.2) is 54.6 Å². The van der Waals surface area contributed by atoms with E-state index < -0.39 is 39.1 Å². The second-order valence-electron chi connectivity index (χ2n) is 15.7. The first-order chi connectivity index (χ1) is 25.8. The third-order valence-electron chi connectivity index (χ3n) is 6.41. The van der Waals surface area contributed by atoms with Crippen molar-refractivity contribution in [2.24, 2.45) is 0 Å². The quantitative estimate of drug-likeness (QED) is 0.137. The Morgan fingerprint density at radius 1 is 0.397 bits per heavy atom. The predicted molar refractivity (Wildman–Crippen MR) is 216 cm³/mol. The standard InChI is InChI=1S/3C12H19NO3.2H2O4S/c3*1-12(2,3)13-7-11(16)8-4-9(14)6-10(15)5-8;2*1-5(2,3)4/h3*4-6,11,13-16H,7H2,1-3H3;2*(H2,1,2,3,4). The van der Waals surface area contributed by atoms with Gasteiger partial charge in [0, 0.05) is 54.5 Å². The van der Waals surface area contributed by atoms with Crippen LogP contribution in [0.3, 0.4) is 0 Å². The number of hydrogen-bond donors (Lipinski definition) is 16. The van der Waals surface area contributed by atoms with Crippen molar-refractivity contribution in [1.29, 1.82) is 0 Å². The van der Waals surface area contributed by atoms with Crippen molar-refractivity contribution in [3.8, 4) is 34.5 Å². The molecule has 0 bridgehead atoms. The van der Waals surface area contributed by atoms with Crippen LogP contribution in [0.4, 0.5) is 0 Å². The fourth-order valence-electron chi connectivity index (χ4n) is 3.99. The zero-order chi connectivity index (χ0) is 46.0. The van der Waals surface area contributed by atoms with Crippen LogP contribution in [0, 0.1) is 0 Å². The van der Waals surface area contributed by atoms with E-state index in [1.54, 1.807) is 0 Å². The SMILES string of the molecule is CC(C)(C)NCC(O)c1cc(O)cc(O)c1.CC(C)(C)NCC(O)c1cc(O)cc(O)c1.CC(C)(C)NCC(O)c1cc(O)cc(O)c1.O=S(=O)(O)O.O=S(=O)(O)O. The number of phenolic OH excluding ortho intramolecular Hbond substituents is 6. The molecule has 20 nitrogen and oxygen atoms in total. The van der Waals surface area contributed by atoms with Crippen LogP contribution in [0.1, 0.15) is 97.3 Å². The smallest absolute Gasteiger partial charge is 0.394 e. The first-order valence-corrected chi connectivity index (χ1v) is 19.9. The summed E-state index contributed by atoms with van der Waals surface area (Å²) in [7, 11) is -9.33. The number of nitrogens with one attached hydrogen (secondary N) is 3. The zero-order valence-electron chi connectivity index (χ0n) is 33.8. The Bertz CT molecular complexity index is 1620. The first-order valence-electron chi connectivity index (χ1n) is 17.1. The van der Waals surface area contributed by atoms with Gasteiger partial charge in [0.05, 0.1) is 18.3 Å². The van der Waals surface area contributed by atoms with Crippen LogP contribution < -0.4 is 16.0 Å². The number of rotatable bonds is 9. The minimum Gasteiger partial charge on any atom is -0.508 e. The van der Waals surface area contributed by atoms with Gasteiger partial charge in [0.2, 0.25) is 0 Å². The molecule has 0 saturated carbocycles. The summed E-state index contributed by atoms with van der Waals surface area (Å²) in [6, 6.07) is 12.3. The lowest BCUT2D eigenvalue weighted by Crippen LogP contribution is -2.38. The van der Waals surface area contributed by atoms with E-state index in [2.05, 4.69) is 16.0 Å². The molecule has 0 heterocycles. The number of β-amino-alcohol motifs (C(OH)–C–C–N with tert-alkyl or cyclic N) is 3. The summed E-state index contributed by atoms with van der Waals surface area (Å²) >= 11 is 0. The van der Waals surface area contributed by atoms with E-state index in [-0.39, 0.29) is 51.1 Å². The lowest BCUT2D eigenvalue weighted by Gasteiger charge is -2.23. The van der Waals surface area contributed by atoms with Gasteiger partial charge in [0.25, 0.3) is 0 Å². The highest BCUT2D eigenvalue weighted by Gasteiger charge is 2.17. The highest BCUT2D eigenvalue weighted by molar-refractivity contribution is 7.80. The summed E-state index contributed by atoms with van der Waals surface area (Å²) in [4.78, 5) is 0. The van der Waals surface area contributed by atoms with Gasteiger partial charge >= 0.3 is 20.8 Å². The van der Waals surface area contributed by atoms with Gasteiger partial charge in [-0.2, -0.15) is 16.8 Å². The Balaban J connectivity index is 0. The van der Waals surface area contributed by atoms with Crippen molar-refractivity contribution in [2.75, 3.05) is 19.6 Å². The van der Waals surface area contributed by atoms with Gasteiger partial charge in [0.1, 0.15) is 34.5 Å². The maximum atomic E-state index is 9.85. The van der Waals surface area contributed by atoms with Crippen molar-refractivity contribution < 1.29 is 81.0 Å². The van der Waals surface area contributed by atoms with E-state index in [0.717, 1.165) is 0 Å². The summed E-state index contributed by atoms with van der Waals surface area (Å²) in [6.07, 6.45) is -2.26. The van der Waals surface area contributed by atoms with Crippen molar-refractivity contribution in [1.82, 2.24) is 16.0 Å². The second-order valence-corrected chi connectivity index (χ2v) is 17.5. The summed E-state index contributed by atoms with van der Waals surface area (Å²) in [5.74, 6) is -0.307. The van der Waals surface area contributed by atoms with Crippen LogP contribution in [-0.4, -0.2) is 117 Å². The Morgan fingerprint density at radius 3 is 0.655 bits per heavy atom. The molecule has 0 radical (unpaired) electrons. The van der Waals surface area contributed by atoms with Crippen molar-refractivity contribution in [2.45, 2.75) is 97.2 Å². The van der Waals surface area contributed by atoms with Gasteiger partial charge in [-0.25, -0.2) is 0 Å². The summed E-state index contributed by atoms with van der Waals surface area (Å²) in [5.41, 5.74) is 1.23. The summed E-state index contributed by atoms with van der Waals surface area (Å²) in [5, 5.41) is 94.7. The Hall–Kier alpha value is -4.04. The molecule has 3 unspecified atom stereocenters. The number of aromatic hydroxyl groups is 6. The Kier molecular flexibility index (Phi) is 23.3. The number of hydrogen-bond acceptors (Lipinski definition) is 16. The molecular weight excluding hydrogens is 811 g/mol. The summed E-state index contributed by atoms with van der Waals surface area (Å²) < 4.78 is 63.2. The molecule has 0 amide bonds. The summed E-state index contributed by atoms with van der Waals surface area (Å²) in [6.45, 7) is 19.1. The maximum absolute atomic E-state index is 9.85. The fourth-order valence-corrected chi connectivity index (χ4v) is 3.99. The molecule has 3 rings (SSSR count). The van der Waals surface area contributed by atoms with Gasteiger partial charge in [0.15, 0.2) is 0 Å². The third kappa shape index (κ3) is 35.1. The van der Waals surface area contributed by atoms with Crippen LogP contribution >= 0.6 is 0 Å². The molecule has 0 aromatic heterocycles. The molecule has 3 atom stereocenters. The molecule has 0 aliphatic heterocycles. The second kappa shape index (κ2) is 24.1. The molecule has 334 valence electrons. The van der Waals surface area contributed by atoms with E-state index in [0.29, 0.717) is 36.3 Å². The lowest BCUT2D eigenvalue weighted by atomic mass is 10.1. The molecule has 3 aromatic carbocycles. The molecule has 22 heteroatoms. The van der Waals surface area contributed by atoms with Gasteiger partial charge < -0.3 is 61.9 Å². The van der Waals surface area contributed by atoms with Gasteiger partial charge in [-0.05, 0) is 115 Å². The molecule has 58 heavy (non-hydrogen) atoms. The van der Waals surface area contributed by atoms with E-state index in [9.17, 15) is 46.0 Å².